The number of imidazole rings is 1. The standard InChI is InChI=1S/C13H16N2O2/c1-8-14-10-7-11(16-2)13(17-3)9-5-4-6-15(8)12(9)10/h7H,4-6H2,1-3H3. The third-order valence-corrected chi connectivity index (χ3v) is 3.47. The molecule has 2 aromatic rings. The number of nitrogens with zero attached hydrogens (tertiary/aromatic N) is 2. The van der Waals surface area contributed by atoms with E-state index in [9.17, 15) is 0 Å². The van der Waals surface area contributed by atoms with Crippen LogP contribution in [0.4, 0.5) is 0 Å². The van der Waals surface area contributed by atoms with Gasteiger partial charge in [-0.3, -0.25) is 0 Å². The number of hydrogen-bond donors (Lipinski definition) is 0. The molecular weight excluding hydrogens is 216 g/mol. The zero-order chi connectivity index (χ0) is 12.0. The number of aryl methyl sites for hydroxylation is 3. The van der Waals surface area contributed by atoms with Gasteiger partial charge in [0.25, 0.3) is 0 Å². The van der Waals surface area contributed by atoms with E-state index in [1.54, 1.807) is 14.2 Å². The second-order valence-electron chi connectivity index (χ2n) is 4.37. The molecule has 0 fully saturated rings. The van der Waals surface area contributed by atoms with Gasteiger partial charge in [0.15, 0.2) is 11.5 Å². The van der Waals surface area contributed by atoms with Crippen molar-refractivity contribution in [3.05, 3.63) is 17.5 Å². The van der Waals surface area contributed by atoms with Gasteiger partial charge >= 0.3 is 0 Å². The number of rotatable bonds is 2. The Bertz CT molecular complexity index is 587. The summed E-state index contributed by atoms with van der Waals surface area (Å²) in [6, 6.07) is 1.96. The highest BCUT2D eigenvalue weighted by atomic mass is 16.5. The van der Waals surface area contributed by atoms with Crippen LogP contribution in [0.3, 0.4) is 0 Å². The Morgan fingerprint density at radius 2 is 2.12 bits per heavy atom. The lowest BCUT2D eigenvalue weighted by Gasteiger charge is -2.19. The third kappa shape index (κ3) is 1.33. The molecule has 1 aromatic heterocycles. The number of methoxy groups -OCH3 is 2. The highest BCUT2D eigenvalue weighted by molar-refractivity contribution is 5.85. The van der Waals surface area contributed by atoms with Gasteiger partial charge in [0.1, 0.15) is 5.82 Å². The fraction of sp³-hybridized carbons (Fsp3) is 0.462. The van der Waals surface area contributed by atoms with Crippen LogP contribution in [0.15, 0.2) is 6.07 Å². The normalized spacial score (nSPS) is 14.1. The molecule has 0 unspecified atom stereocenters. The third-order valence-electron chi connectivity index (χ3n) is 3.47. The maximum atomic E-state index is 5.50. The molecule has 3 rings (SSSR count). The van der Waals surface area contributed by atoms with Crippen LogP contribution in [-0.2, 0) is 13.0 Å². The van der Waals surface area contributed by atoms with Gasteiger partial charge in [-0.15, -0.1) is 0 Å². The van der Waals surface area contributed by atoms with Gasteiger partial charge in [-0.1, -0.05) is 0 Å². The van der Waals surface area contributed by atoms with Gasteiger partial charge in [-0.25, -0.2) is 4.98 Å². The highest BCUT2D eigenvalue weighted by Gasteiger charge is 2.22. The molecule has 0 saturated heterocycles. The quantitative estimate of drug-likeness (QED) is 0.797. The van der Waals surface area contributed by atoms with E-state index in [-0.39, 0.29) is 0 Å². The predicted molar refractivity (Wildman–Crippen MR) is 65.9 cm³/mol. The lowest BCUT2D eigenvalue weighted by Crippen LogP contribution is -2.10. The summed E-state index contributed by atoms with van der Waals surface area (Å²) in [7, 11) is 3.37. The molecule has 2 heterocycles. The minimum Gasteiger partial charge on any atom is -0.493 e. The van der Waals surface area contributed by atoms with E-state index < -0.39 is 0 Å². The minimum absolute atomic E-state index is 0.779. The fourth-order valence-corrected chi connectivity index (χ4v) is 2.75. The summed E-state index contributed by atoms with van der Waals surface area (Å²) < 4.78 is 13.2. The zero-order valence-corrected chi connectivity index (χ0v) is 10.4. The average molecular weight is 232 g/mol. The molecule has 0 amide bonds. The Labute approximate surface area is 100 Å². The summed E-state index contributed by atoms with van der Waals surface area (Å²) in [6.45, 7) is 3.10. The summed E-state index contributed by atoms with van der Waals surface area (Å²) in [5, 5.41) is 0. The van der Waals surface area contributed by atoms with Gasteiger partial charge in [0, 0.05) is 18.2 Å². The molecule has 0 aliphatic carbocycles. The van der Waals surface area contributed by atoms with Crippen LogP contribution in [0.5, 0.6) is 11.5 Å². The second kappa shape index (κ2) is 3.65. The van der Waals surface area contributed by atoms with Crippen LogP contribution in [0.25, 0.3) is 11.0 Å². The Morgan fingerprint density at radius 3 is 2.82 bits per heavy atom. The second-order valence-corrected chi connectivity index (χ2v) is 4.37. The largest absolute Gasteiger partial charge is 0.493 e. The smallest absolute Gasteiger partial charge is 0.166 e. The van der Waals surface area contributed by atoms with Crippen molar-refractivity contribution in [1.29, 1.82) is 0 Å². The van der Waals surface area contributed by atoms with E-state index in [2.05, 4.69) is 9.55 Å². The molecule has 0 spiro atoms. The van der Waals surface area contributed by atoms with Crippen LogP contribution in [0, 0.1) is 6.92 Å². The van der Waals surface area contributed by atoms with E-state index in [4.69, 9.17) is 9.47 Å². The summed E-state index contributed by atoms with van der Waals surface area (Å²) in [5.41, 5.74) is 3.45. The van der Waals surface area contributed by atoms with Crippen molar-refractivity contribution >= 4 is 11.0 Å². The molecule has 90 valence electrons. The lowest BCUT2D eigenvalue weighted by atomic mass is 10.0. The average Bonchev–Trinajstić information content (AvgIpc) is 2.68. The zero-order valence-electron chi connectivity index (χ0n) is 10.4. The Balaban J connectivity index is 2.42. The first-order valence-corrected chi connectivity index (χ1v) is 5.87. The lowest BCUT2D eigenvalue weighted by molar-refractivity contribution is 0.351. The molecule has 4 heteroatoms. The van der Waals surface area contributed by atoms with Gasteiger partial charge < -0.3 is 14.0 Å². The minimum atomic E-state index is 0.779. The summed E-state index contributed by atoms with van der Waals surface area (Å²) in [4.78, 5) is 4.60. The molecule has 0 N–H and O–H groups in total. The SMILES string of the molecule is COc1cc2nc(C)n3c2c(c1OC)CCC3. The topological polar surface area (TPSA) is 36.3 Å². The maximum absolute atomic E-state index is 5.50. The van der Waals surface area contributed by atoms with Crippen LogP contribution in [0.2, 0.25) is 0 Å². The van der Waals surface area contributed by atoms with Crippen LogP contribution < -0.4 is 9.47 Å². The van der Waals surface area contributed by atoms with Gasteiger partial charge in [0.05, 0.1) is 25.3 Å². The Kier molecular flexibility index (Phi) is 2.24. The molecular formula is C13H16N2O2. The van der Waals surface area contributed by atoms with E-state index in [0.717, 1.165) is 42.2 Å². The number of hydrogen-bond acceptors (Lipinski definition) is 3. The van der Waals surface area contributed by atoms with E-state index in [1.807, 2.05) is 13.0 Å². The summed E-state index contributed by atoms with van der Waals surface area (Å²) in [5.74, 6) is 2.71. The van der Waals surface area contributed by atoms with Crippen LogP contribution in [-0.4, -0.2) is 23.8 Å². The maximum Gasteiger partial charge on any atom is 0.166 e. The van der Waals surface area contributed by atoms with Crippen molar-refractivity contribution in [3.8, 4) is 11.5 Å². The van der Waals surface area contributed by atoms with Crippen molar-refractivity contribution in [2.45, 2.75) is 26.3 Å². The van der Waals surface area contributed by atoms with E-state index >= 15 is 0 Å². The number of ether oxygens (including phenoxy) is 2. The molecule has 0 saturated carbocycles. The number of aromatic nitrogens is 2. The predicted octanol–water partition coefficient (Wildman–Crippen LogP) is 2.31. The molecule has 0 radical (unpaired) electrons. The first kappa shape index (κ1) is 10.4. The fourth-order valence-electron chi connectivity index (χ4n) is 2.75. The van der Waals surface area contributed by atoms with Gasteiger partial charge in [-0.05, 0) is 19.8 Å². The molecule has 0 atom stereocenters. The molecule has 0 bridgehead atoms. The Morgan fingerprint density at radius 1 is 1.29 bits per heavy atom. The van der Waals surface area contributed by atoms with Gasteiger partial charge in [0.2, 0.25) is 0 Å². The number of benzene rings is 1. The van der Waals surface area contributed by atoms with Crippen molar-refractivity contribution in [2.75, 3.05) is 14.2 Å². The first-order valence-electron chi connectivity index (χ1n) is 5.87. The summed E-state index contributed by atoms with van der Waals surface area (Å²) in [6.07, 6.45) is 2.16. The molecule has 1 aliphatic heterocycles. The van der Waals surface area contributed by atoms with Gasteiger partial charge in [-0.2, -0.15) is 0 Å². The van der Waals surface area contributed by atoms with Crippen molar-refractivity contribution in [3.63, 3.8) is 0 Å². The highest BCUT2D eigenvalue weighted by Crippen LogP contribution is 2.40. The monoisotopic (exact) mass is 232 g/mol. The van der Waals surface area contributed by atoms with Crippen molar-refractivity contribution in [2.24, 2.45) is 0 Å². The van der Waals surface area contributed by atoms with Crippen LogP contribution >= 0.6 is 0 Å². The van der Waals surface area contributed by atoms with E-state index in [1.165, 1.54) is 11.1 Å². The van der Waals surface area contributed by atoms with Crippen molar-refractivity contribution in [1.82, 2.24) is 9.55 Å². The molecule has 1 aliphatic rings. The Hall–Kier alpha value is -1.71. The van der Waals surface area contributed by atoms with Crippen LogP contribution in [0.1, 0.15) is 17.8 Å². The summed E-state index contributed by atoms with van der Waals surface area (Å²) >= 11 is 0. The molecule has 1 aromatic carbocycles. The molecule has 17 heavy (non-hydrogen) atoms. The van der Waals surface area contributed by atoms with E-state index in [0.29, 0.717) is 0 Å². The molecule has 4 nitrogen and oxygen atoms in total. The first-order chi connectivity index (χ1) is 8.26. The van der Waals surface area contributed by atoms with Crippen molar-refractivity contribution < 1.29 is 9.47 Å².